The number of hydrogen-bond acceptors (Lipinski definition) is 10. The number of pyridine rings is 1. The lowest BCUT2D eigenvalue weighted by atomic mass is 9.85. The van der Waals surface area contributed by atoms with Gasteiger partial charge in [0.05, 0.1) is 26.2 Å². The average Bonchev–Trinajstić information content (AvgIpc) is 3.55. The molecule has 4 heterocycles. The van der Waals surface area contributed by atoms with Gasteiger partial charge in [-0.2, -0.15) is 0 Å². The standard InChI is InChI=1S/C40H54F2N4O9.H2/c1-4-5-6-7-8-9-10-11-12-13-14-15-20-52-39(50)54-26-53-36-34-38(49)45-25-32(40(19-18-27(45)2)22-33(51-3)44-55-40)46(34)24-30(35(36)47)37(48)43-23-28-16-17-29(41)21-31(28)42;/h16-17,21,24,27,32H,4-15,18-20,22-23,25-26H2,1-3H3,(H,43,48);1H/t27-,32+,40-;/m0./s1. The van der Waals surface area contributed by atoms with Gasteiger partial charge in [0.1, 0.15) is 17.2 Å². The molecule has 1 fully saturated rings. The molecule has 3 atom stereocenters. The Bertz CT molecular complexity index is 1760. The number of amides is 2. The largest absolute Gasteiger partial charge is 0.511 e. The number of nitrogens with one attached hydrogen (secondary N) is 1. The first-order valence-electron chi connectivity index (χ1n) is 19.6. The first kappa shape index (κ1) is 41.5. The number of carbonyl (C=O) groups is 3. The van der Waals surface area contributed by atoms with Crippen molar-refractivity contribution in [2.45, 2.75) is 134 Å². The van der Waals surface area contributed by atoms with Crippen molar-refractivity contribution in [3.63, 3.8) is 0 Å². The highest BCUT2D eigenvalue weighted by atomic mass is 19.1. The van der Waals surface area contributed by atoms with E-state index in [1.54, 1.807) is 4.90 Å². The van der Waals surface area contributed by atoms with Crippen molar-refractivity contribution in [1.29, 1.82) is 0 Å². The second-order valence-electron chi connectivity index (χ2n) is 14.7. The summed E-state index contributed by atoms with van der Waals surface area (Å²) in [5, 5.41) is 6.62. The number of benzene rings is 1. The summed E-state index contributed by atoms with van der Waals surface area (Å²) in [4.78, 5) is 61.7. The number of unbranched alkanes of at least 4 members (excludes halogenated alkanes) is 11. The maximum absolute atomic E-state index is 14.4. The second-order valence-corrected chi connectivity index (χ2v) is 14.7. The number of fused-ring (bicyclic) bond motifs is 5. The summed E-state index contributed by atoms with van der Waals surface area (Å²) in [7, 11) is 1.48. The monoisotopic (exact) mass is 774 g/mol. The average molecular weight is 775 g/mol. The van der Waals surface area contributed by atoms with Crippen molar-refractivity contribution in [3.8, 4) is 5.75 Å². The van der Waals surface area contributed by atoms with Crippen LogP contribution in [0.4, 0.5) is 13.6 Å². The van der Waals surface area contributed by atoms with E-state index < -0.39 is 64.8 Å². The van der Waals surface area contributed by atoms with Crippen molar-refractivity contribution in [3.05, 3.63) is 63.1 Å². The van der Waals surface area contributed by atoms with Crippen molar-refractivity contribution < 1.29 is 48.4 Å². The molecule has 2 amide bonds. The fraction of sp³-hybridized carbons (Fsp3) is 0.625. The fourth-order valence-corrected chi connectivity index (χ4v) is 7.52. The van der Waals surface area contributed by atoms with Gasteiger partial charge in [-0.15, -0.1) is 0 Å². The molecule has 1 N–H and O–H groups in total. The molecule has 15 heteroatoms. The molecular formula is C40H56F2N4O9. The highest BCUT2D eigenvalue weighted by Crippen LogP contribution is 2.46. The van der Waals surface area contributed by atoms with E-state index in [-0.39, 0.29) is 44.8 Å². The number of rotatable bonds is 19. The molecule has 0 aliphatic carbocycles. The molecule has 2 aromatic rings. The van der Waals surface area contributed by atoms with Gasteiger partial charge in [0.25, 0.3) is 11.8 Å². The summed E-state index contributed by atoms with van der Waals surface area (Å²) in [6.45, 7) is 3.30. The van der Waals surface area contributed by atoms with E-state index >= 15 is 0 Å². The summed E-state index contributed by atoms with van der Waals surface area (Å²) in [5.41, 5.74) is -2.53. The van der Waals surface area contributed by atoms with Crippen LogP contribution in [0.3, 0.4) is 0 Å². The first-order chi connectivity index (χ1) is 26.6. The zero-order valence-electron chi connectivity index (χ0n) is 32.2. The van der Waals surface area contributed by atoms with Gasteiger partial charge in [-0.1, -0.05) is 88.8 Å². The molecule has 1 saturated heterocycles. The molecule has 2 bridgehead atoms. The minimum absolute atomic E-state index is 0. The number of halogens is 2. The predicted molar refractivity (Wildman–Crippen MR) is 201 cm³/mol. The highest BCUT2D eigenvalue weighted by Gasteiger charge is 2.55. The topological polar surface area (TPSA) is 147 Å². The van der Waals surface area contributed by atoms with Crippen molar-refractivity contribution in [2.75, 3.05) is 27.1 Å². The highest BCUT2D eigenvalue weighted by molar-refractivity contribution is 5.99. The second kappa shape index (κ2) is 19.8. The molecule has 55 heavy (non-hydrogen) atoms. The van der Waals surface area contributed by atoms with Crippen molar-refractivity contribution >= 4 is 23.9 Å². The maximum atomic E-state index is 14.4. The zero-order chi connectivity index (χ0) is 39.4. The van der Waals surface area contributed by atoms with Gasteiger partial charge in [0.2, 0.25) is 23.9 Å². The number of ether oxygens (including phenoxy) is 4. The molecule has 13 nitrogen and oxygen atoms in total. The number of methoxy groups -OCH3 is 1. The van der Waals surface area contributed by atoms with Crippen LogP contribution in [0.25, 0.3) is 0 Å². The Labute approximate surface area is 322 Å². The summed E-state index contributed by atoms with van der Waals surface area (Å²) in [5.74, 6) is -3.23. The number of oxime groups is 1. The van der Waals surface area contributed by atoms with E-state index in [9.17, 15) is 28.0 Å². The summed E-state index contributed by atoms with van der Waals surface area (Å²) < 4.78 is 50.8. The molecule has 0 radical (unpaired) electrons. The normalized spacial score (nSPS) is 20.0. The van der Waals surface area contributed by atoms with E-state index in [1.165, 1.54) is 75.3 Å². The minimum Gasteiger partial charge on any atom is -0.482 e. The molecule has 3 aliphatic rings. The minimum atomic E-state index is -1.01. The van der Waals surface area contributed by atoms with Gasteiger partial charge in [0, 0.05) is 38.4 Å². The predicted octanol–water partition coefficient (Wildman–Crippen LogP) is 7.79. The van der Waals surface area contributed by atoms with Gasteiger partial charge in [-0.3, -0.25) is 14.4 Å². The molecule has 1 aromatic carbocycles. The molecule has 1 spiro atoms. The van der Waals surface area contributed by atoms with Gasteiger partial charge in [-0.05, 0) is 32.3 Å². The number of aromatic nitrogens is 1. The lowest BCUT2D eigenvalue weighted by Gasteiger charge is -2.42. The van der Waals surface area contributed by atoms with Gasteiger partial charge >= 0.3 is 6.16 Å². The van der Waals surface area contributed by atoms with Crippen LogP contribution in [0.2, 0.25) is 0 Å². The van der Waals surface area contributed by atoms with Gasteiger partial charge in [0.15, 0.2) is 11.3 Å². The Balaban J connectivity index is 0.00000696. The third kappa shape index (κ3) is 10.3. The lowest BCUT2D eigenvalue weighted by Crippen LogP contribution is -2.52. The van der Waals surface area contributed by atoms with Crippen LogP contribution < -0.4 is 15.5 Å². The summed E-state index contributed by atoms with van der Waals surface area (Å²) in [6.07, 6.45) is 15.5. The fourth-order valence-electron chi connectivity index (χ4n) is 7.52. The Morgan fingerprint density at radius 1 is 1.02 bits per heavy atom. The lowest BCUT2D eigenvalue weighted by molar-refractivity contribution is -0.0658. The SMILES string of the molecule is CCCCCCCCCCCCCCOC(=O)OCOc1c2n(cc(C(=O)NCc3ccc(F)cc3F)c1=O)[C@@H]1CN(C2=O)[C@@H](C)CC[C@]12CC(OC)=NO2.[HH]. The van der Waals surface area contributed by atoms with Crippen LogP contribution in [-0.2, 0) is 25.6 Å². The van der Waals surface area contributed by atoms with Crippen LogP contribution in [0.1, 0.15) is 144 Å². The maximum Gasteiger partial charge on any atom is 0.511 e. The van der Waals surface area contributed by atoms with Crippen LogP contribution in [0.5, 0.6) is 5.75 Å². The number of carbonyl (C=O) groups excluding carboxylic acids is 3. The number of nitrogens with zero attached hydrogens (tertiary/aromatic N) is 3. The Morgan fingerprint density at radius 3 is 2.36 bits per heavy atom. The van der Waals surface area contributed by atoms with Crippen molar-refractivity contribution in [2.24, 2.45) is 5.16 Å². The van der Waals surface area contributed by atoms with Crippen LogP contribution in [0, 0.1) is 11.6 Å². The van der Waals surface area contributed by atoms with E-state index in [4.69, 9.17) is 23.8 Å². The third-order valence-corrected chi connectivity index (χ3v) is 10.8. The molecule has 304 valence electrons. The van der Waals surface area contributed by atoms with E-state index in [0.717, 1.165) is 25.3 Å². The smallest absolute Gasteiger partial charge is 0.482 e. The van der Waals surface area contributed by atoms with Crippen molar-refractivity contribution in [1.82, 2.24) is 14.8 Å². The van der Waals surface area contributed by atoms with Crippen LogP contribution in [0.15, 0.2) is 34.3 Å². The summed E-state index contributed by atoms with van der Waals surface area (Å²) in [6, 6.07) is 2.03. The Hall–Kier alpha value is -4.69. The number of hydrogen-bond donors (Lipinski definition) is 1. The van der Waals surface area contributed by atoms with Crippen LogP contribution >= 0.6 is 0 Å². The Kier molecular flexibility index (Phi) is 14.9. The van der Waals surface area contributed by atoms with Gasteiger partial charge < -0.3 is 38.6 Å². The quantitative estimate of drug-likeness (QED) is 0.0858. The van der Waals surface area contributed by atoms with E-state index in [0.29, 0.717) is 31.2 Å². The molecule has 0 saturated carbocycles. The van der Waals surface area contributed by atoms with E-state index in [1.807, 2.05) is 6.92 Å². The molecular weight excluding hydrogens is 718 g/mol. The van der Waals surface area contributed by atoms with Gasteiger partial charge in [-0.25, -0.2) is 13.6 Å². The first-order valence-corrected chi connectivity index (χ1v) is 19.6. The molecule has 0 unspecified atom stereocenters. The van der Waals surface area contributed by atoms with Crippen LogP contribution in [-0.4, -0.2) is 72.0 Å². The molecule has 3 aliphatic heterocycles. The summed E-state index contributed by atoms with van der Waals surface area (Å²) >= 11 is 0. The zero-order valence-corrected chi connectivity index (χ0v) is 32.2. The van der Waals surface area contributed by atoms with E-state index in [2.05, 4.69) is 17.4 Å². The third-order valence-electron chi connectivity index (χ3n) is 10.8. The molecule has 1 aromatic heterocycles. The Morgan fingerprint density at radius 2 is 1.71 bits per heavy atom. The molecule has 5 rings (SSSR count).